The van der Waals surface area contributed by atoms with Crippen molar-refractivity contribution in [3.8, 4) is 22.6 Å². The Labute approximate surface area is 144 Å². The van der Waals surface area contributed by atoms with E-state index in [1.165, 1.54) is 33.8 Å². The van der Waals surface area contributed by atoms with Gasteiger partial charge in [-0.25, -0.2) is 0 Å². The van der Waals surface area contributed by atoms with Crippen LogP contribution < -0.4 is 9.47 Å². The topological polar surface area (TPSA) is 18.5 Å². The van der Waals surface area contributed by atoms with Crippen molar-refractivity contribution in [1.29, 1.82) is 0 Å². The number of benzene rings is 2. The lowest BCUT2D eigenvalue weighted by molar-refractivity contribution is 0.326. The zero-order valence-electron chi connectivity index (χ0n) is 12.8. The van der Waals surface area contributed by atoms with Gasteiger partial charge in [0.05, 0.1) is 0 Å². The summed E-state index contributed by atoms with van der Waals surface area (Å²) in [6.07, 6.45) is 0.982. The summed E-state index contributed by atoms with van der Waals surface area (Å²) in [7, 11) is 0. The largest absolute Gasteiger partial charge is 0.492 e. The van der Waals surface area contributed by atoms with Gasteiger partial charge in [0.1, 0.15) is 24.7 Å². The monoisotopic (exact) mass is 342 g/mol. The van der Waals surface area contributed by atoms with Gasteiger partial charge in [0.25, 0.3) is 0 Å². The molecule has 0 saturated carbocycles. The summed E-state index contributed by atoms with van der Waals surface area (Å²) in [5.74, 6) is 4.51. The first kappa shape index (κ1) is 14.1. The van der Waals surface area contributed by atoms with Gasteiger partial charge in [0.2, 0.25) is 0 Å². The summed E-state index contributed by atoms with van der Waals surface area (Å²) >= 11 is 3.95. The maximum absolute atomic E-state index is 6.14. The predicted molar refractivity (Wildman–Crippen MR) is 98.2 cm³/mol. The molecule has 0 N–H and O–H groups in total. The van der Waals surface area contributed by atoms with Crippen LogP contribution in [0.25, 0.3) is 11.1 Å². The van der Waals surface area contributed by atoms with Crippen LogP contribution in [0, 0.1) is 0 Å². The highest BCUT2D eigenvalue weighted by molar-refractivity contribution is 8.07. The Hall–Kier alpha value is -1.26. The van der Waals surface area contributed by atoms with E-state index in [1.807, 2.05) is 23.5 Å². The van der Waals surface area contributed by atoms with E-state index in [4.69, 9.17) is 9.47 Å². The zero-order chi connectivity index (χ0) is 15.2. The molecule has 5 rings (SSSR count). The lowest BCUT2D eigenvalue weighted by Gasteiger charge is -2.14. The lowest BCUT2D eigenvalue weighted by atomic mass is 10.0. The second-order valence-corrected chi connectivity index (χ2v) is 8.96. The lowest BCUT2D eigenvalue weighted by Crippen LogP contribution is -2.05. The van der Waals surface area contributed by atoms with Crippen molar-refractivity contribution in [2.45, 2.75) is 16.9 Å². The third-order valence-electron chi connectivity index (χ3n) is 4.51. The molecule has 2 aromatic rings. The van der Waals surface area contributed by atoms with E-state index >= 15 is 0 Å². The van der Waals surface area contributed by atoms with Crippen molar-refractivity contribution in [3.05, 3.63) is 47.5 Å². The Balaban J connectivity index is 1.51. The molecule has 4 heteroatoms. The van der Waals surface area contributed by atoms with Crippen LogP contribution in [0.5, 0.6) is 11.5 Å². The van der Waals surface area contributed by atoms with Gasteiger partial charge in [0.15, 0.2) is 0 Å². The third kappa shape index (κ3) is 2.83. The molecule has 2 aliphatic heterocycles. The van der Waals surface area contributed by atoms with E-state index in [0.29, 0.717) is 10.5 Å². The van der Waals surface area contributed by atoms with Crippen LogP contribution >= 0.6 is 23.5 Å². The second kappa shape index (κ2) is 5.67. The van der Waals surface area contributed by atoms with Crippen molar-refractivity contribution < 1.29 is 9.47 Å². The van der Waals surface area contributed by atoms with Crippen LogP contribution in [0.4, 0.5) is 0 Å². The van der Waals surface area contributed by atoms with Gasteiger partial charge in [-0.05, 0) is 29.7 Å². The van der Waals surface area contributed by atoms with E-state index in [-0.39, 0.29) is 0 Å². The van der Waals surface area contributed by atoms with Gasteiger partial charge in [-0.2, -0.15) is 23.5 Å². The fourth-order valence-electron chi connectivity index (χ4n) is 3.16. The molecule has 118 valence electrons. The molecule has 0 aromatic heterocycles. The maximum Gasteiger partial charge on any atom is 0.127 e. The van der Waals surface area contributed by atoms with Crippen LogP contribution in [0.15, 0.2) is 36.4 Å². The molecular formula is C19H18O2S2. The summed E-state index contributed by atoms with van der Waals surface area (Å²) in [6, 6.07) is 12.9. The van der Waals surface area contributed by atoms with Crippen molar-refractivity contribution >= 4 is 23.5 Å². The Bertz CT molecular complexity index is 688. The van der Waals surface area contributed by atoms with Gasteiger partial charge in [0, 0.05) is 33.1 Å². The Morgan fingerprint density at radius 3 is 1.70 bits per heavy atom. The van der Waals surface area contributed by atoms with Crippen molar-refractivity contribution in [2.24, 2.45) is 0 Å². The standard InChI is InChI=1S/C19H18O2S2/c1-3-12-7-13-4-2-6-17(21-9-15-11-23-15)19(13)18(12)16(5-1)20-8-14-10-22-14/h1-6,14-15H,7-11H2. The first-order valence-electron chi connectivity index (χ1n) is 8.11. The van der Waals surface area contributed by atoms with E-state index in [1.54, 1.807) is 0 Å². The molecular weight excluding hydrogens is 324 g/mol. The molecule has 2 nitrogen and oxygen atoms in total. The summed E-state index contributed by atoms with van der Waals surface area (Å²) in [6.45, 7) is 1.64. The van der Waals surface area contributed by atoms with Crippen LogP contribution in [0.2, 0.25) is 0 Å². The molecule has 1 aliphatic carbocycles. The van der Waals surface area contributed by atoms with E-state index < -0.39 is 0 Å². The number of rotatable bonds is 6. The van der Waals surface area contributed by atoms with Gasteiger partial charge < -0.3 is 9.47 Å². The first-order chi connectivity index (χ1) is 11.4. The smallest absolute Gasteiger partial charge is 0.127 e. The van der Waals surface area contributed by atoms with Gasteiger partial charge in [-0.3, -0.25) is 0 Å². The molecule has 2 aromatic carbocycles. The Morgan fingerprint density at radius 1 is 0.783 bits per heavy atom. The highest BCUT2D eigenvalue weighted by atomic mass is 32.2. The normalized spacial score (nSPS) is 23.1. The minimum atomic E-state index is 0.685. The molecule has 2 saturated heterocycles. The second-order valence-electron chi connectivity index (χ2n) is 6.29. The molecule has 0 amide bonds. The van der Waals surface area contributed by atoms with Gasteiger partial charge in [-0.15, -0.1) is 0 Å². The summed E-state index contributed by atoms with van der Waals surface area (Å²) < 4.78 is 12.3. The summed E-state index contributed by atoms with van der Waals surface area (Å²) in [5.41, 5.74) is 5.23. The van der Waals surface area contributed by atoms with Crippen molar-refractivity contribution in [2.75, 3.05) is 24.7 Å². The fraction of sp³-hybridized carbons (Fsp3) is 0.368. The first-order valence-corrected chi connectivity index (χ1v) is 10.2. The van der Waals surface area contributed by atoms with Crippen molar-refractivity contribution in [1.82, 2.24) is 0 Å². The molecule has 2 atom stereocenters. The van der Waals surface area contributed by atoms with Crippen LogP contribution in [-0.4, -0.2) is 35.2 Å². The highest BCUT2D eigenvalue weighted by Crippen LogP contribution is 2.48. The number of thioether (sulfide) groups is 2. The molecule has 23 heavy (non-hydrogen) atoms. The molecule has 0 bridgehead atoms. The molecule has 2 unspecified atom stereocenters. The van der Waals surface area contributed by atoms with E-state index in [2.05, 4.69) is 36.4 Å². The molecule has 3 aliphatic rings. The molecule has 0 spiro atoms. The Morgan fingerprint density at radius 2 is 1.26 bits per heavy atom. The number of fused-ring (bicyclic) bond motifs is 3. The van der Waals surface area contributed by atoms with Crippen LogP contribution in [-0.2, 0) is 6.42 Å². The Kier molecular flexibility index (Phi) is 3.48. The minimum Gasteiger partial charge on any atom is -0.492 e. The SMILES string of the molecule is c1cc2c(c(OCC3CS3)c1)-c1c(cccc1OCC1CS1)C2. The highest BCUT2D eigenvalue weighted by Gasteiger charge is 2.29. The molecule has 2 heterocycles. The van der Waals surface area contributed by atoms with Crippen LogP contribution in [0.3, 0.4) is 0 Å². The maximum atomic E-state index is 6.14. The van der Waals surface area contributed by atoms with Gasteiger partial charge in [-0.1, -0.05) is 24.3 Å². The number of ether oxygens (including phenoxy) is 2. The minimum absolute atomic E-state index is 0.685. The number of hydrogen-bond donors (Lipinski definition) is 0. The molecule has 0 radical (unpaired) electrons. The average Bonchev–Trinajstić information content (AvgIpc) is 3.48. The number of hydrogen-bond acceptors (Lipinski definition) is 4. The predicted octanol–water partition coefficient (Wildman–Crippen LogP) is 4.25. The van der Waals surface area contributed by atoms with Gasteiger partial charge >= 0.3 is 0 Å². The summed E-state index contributed by atoms with van der Waals surface area (Å²) in [4.78, 5) is 0. The quantitative estimate of drug-likeness (QED) is 0.623. The summed E-state index contributed by atoms with van der Waals surface area (Å²) in [5, 5.41) is 1.37. The van der Waals surface area contributed by atoms with Crippen LogP contribution in [0.1, 0.15) is 11.1 Å². The fourth-order valence-corrected chi connectivity index (χ4v) is 3.95. The third-order valence-corrected chi connectivity index (χ3v) is 6.39. The average molecular weight is 342 g/mol. The van der Waals surface area contributed by atoms with E-state index in [0.717, 1.165) is 31.1 Å². The molecule has 2 fully saturated rings. The zero-order valence-corrected chi connectivity index (χ0v) is 14.4. The van der Waals surface area contributed by atoms with E-state index in [9.17, 15) is 0 Å². The van der Waals surface area contributed by atoms with Crippen molar-refractivity contribution in [3.63, 3.8) is 0 Å².